The number of ether oxygens (including phenoxy) is 1. The van der Waals surface area contributed by atoms with E-state index >= 15 is 0 Å². The molecule has 1 amide bonds. The van der Waals surface area contributed by atoms with Gasteiger partial charge in [0.25, 0.3) is 0 Å². The van der Waals surface area contributed by atoms with Crippen LogP contribution in [0.1, 0.15) is 45.0 Å². The molecule has 2 heterocycles. The van der Waals surface area contributed by atoms with Crippen LogP contribution < -0.4 is 5.32 Å². The first-order valence-corrected chi connectivity index (χ1v) is 8.96. The predicted octanol–water partition coefficient (Wildman–Crippen LogP) is 4.31. The zero-order chi connectivity index (χ0) is 16.3. The van der Waals surface area contributed by atoms with E-state index in [2.05, 4.69) is 18.3 Å². The average Bonchev–Trinajstić information content (AvgIpc) is 3.03. The molecule has 0 aliphatic carbocycles. The third kappa shape index (κ3) is 4.61. The van der Waals surface area contributed by atoms with Crippen LogP contribution in [0.3, 0.4) is 0 Å². The number of nitrogens with one attached hydrogen (secondary N) is 1. The number of nitrogens with zero attached hydrogens (tertiary/aromatic N) is 1. The topological polar surface area (TPSA) is 41.6 Å². The Balaban J connectivity index is 2.02. The van der Waals surface area contributed by atoms with E-state index in [9.17, 15) is 4.79 Å². The molecule has 22 heavy (non-hydrogen) atoms. The Morgan fingerprint density at radius 1 is 1.55 bits per heavy atom. The Labute approximate surface area is 141 Å². The molecule has 124 valence electrons. The fraction of sp³-hybridized carbons (Fsp3) is 0.688. The van der Waals surface area contributed by atoms with Crippen LogP contribution in [0.25, 0.3) is 0 Å². The molecule has 1 aliphatic heterocycles. The second kappa shape index (κ2) is 7.20. The highest BCUT2D eigenvalue weighted by Crippen LogP contribution is 2.35. The van der Waals surface area contributed by atoms with Gasteiger partial charge < -0.3 is 15.0 Å². The number of hydrogen-bond donors (Lipinski definition) is 1. The van der Waals surface area contributed by atoms with Crippen LogP contribution in [0.5, 0.6) is 0 Å². The first-order chi connectivity index (χ1) is 10.3. The molecule has 1 N–H and O–H groups in total. The molecule has 2 rings (SSSR count). The molecule has 4 nitrogen and oxygen atoms in total. The van der Waals surface area contributed by atoms with Crippen molar-refractivity contribution in [1.82, 2.24) is 10.2 Å². The summed E-state index contributed by atoms with van der Waals surface area (Å²) in [7, 11) is 0. The Kier molecular flexibility index (Phi) is 5.75. The van der Waals surface area contributed by atoms with Crippen molar-refractivity contribution >= 4 is 29.0 Å². The smallest absolute Gasteiger partial charge is 0.410 e. The lowest BCUT2D eigenvalue weighted by atomic mass is 9.97. The van der Waals surface area contributed by atoms with Gasteiger partial charge in [0.05, 0.1) is 4.34 Å². The average molecular weight is 345 g/mol. The van der Waals surface area contributed by atoms with Crippen molar-refractivity contribution in [3.63, 3.8) is 0 Å². The molecule has 0 spiro atoms. The predicted molar refractivity (Wildman–Crippen MR) is 91.7 cm³/mol. The summed E-state index contributed by atoms with van der Waals surface area (Å²) in [5.74, 6) is 0.391. The number of rotatable bonds is 4. The summed E-state index contributed by atoms with van der Waals surface area (Å²) in [5.41, 5.74) is -0.447. The summed E-state index contributed by atoms with van der Waals surface area (Å²) in [6.45, 7) is 10.2. The normalized spacial score (nSPS) is 20.2. The number of carbonyl (C=O) groups is 1. The van der Waals surface area contributed by atoms with Gasteiger partial charge in [-0.05, 0) is 51.8 Å². The van der Waals surface area contributed by atoms with Gasteiger partial charge in [0, 0.05) is 24.0 Å². The Hall–Kier alpha value is -0.780. The third-order valence-electron chi connectivity index (χ3n) is 3.67. The Morgan fingerprint density at radius 3 is 2.82 bits per heavy atom. The minimum absolute atomic E-state index is 0.213. The van der Waals surface area contributed by atoms with Crippen molar-refractivity contribution in [2.24, 2.45) is 5.92 Å². The monoisotopic (exact) mass is 344 g/mol. The number of halogens is 1. The molecule has 1 aromatic rings. The summed E-state index contributed by atoms with van der Waals surface area (Å²) in [5, 5.41) is 3.53. The molecule has 6 heteroatoms. The van der Waals surface area contributed by atoms with Crippen LogP contribution in [-0.4, -0.2) is 36.2 Å². The molecule has 0 bridgehead atoms. The van der Waals surface area contributed by atoms with Crippen molar-refractivity contribution in [1.29, 1.82) is 0 Å². The number of likely N-dealkylation sites (tertiary alicyclic amines) is 1. The lowest BCUT2D eigenvalue weighted by Crippen LogP contribution is -2.36. The molecular weight excluding hydrogens is 320 g/mol. The van der Waals surface area contributed by atoms with Crippen LogP contribution in [0.4, 0.5) is 4.79 Å². The standard InChI is InChI=1S/C16H25ClN2O2S/c1-5-18-14(12-6-7-13(17)22-12)11-8-9-19(10-11)15(20)21-16(2,3)4/h6-7,11,14,18H,5,8-10H2,1-4H3. The minimum atomic E-state index is -0.447. The quantitative estimate of drug-likeness (QED) is 0.884. The number of amides is 1. The van der Waals surface area contributed by atoms with Gasteiger partial charge >= 0.3 is 6.09 Å². The lowest BCUT2D eigenvalue weighted by molar-refractivity contribution is 0.0285. The summed E-state index contributed by atoms with van der Waals surface area (Å²) >= 11 is 7.68. The van der Waals surface area contributed by atoms with Crippen molar-refractivity contribution in [3.8, 4) is 0 Å². The lowest BCUT2D eigenvalue weighted by Gasteiger charge is -2.26. The maximum absolute atomic E-state index is 12.2. The van der Waals surface area contributed by atoms with Gasteiger partial charge in [0.2, 0.25) is 0 Å². The van der Waals surface area contributed by atoms with Gasteiger partial charge in [-0.1, -0.05) is 18.5 Å². The number of thiophene rings is 1. The Bertz CT molecular complexity index is 512. The van der Waals surface area contributed by atoms with Gasteiger partial charge in [-0.25, -0.2) is 4.79 Å². The molecule has 0 radical (unpaired) electrons. The molecule has 1 aliphatic rings. The Morgan fingerprint density at radius 2 is 2.27 bits per heavy atom. The van der Waals surface area contributed by atoms with E-state index in [4.69, 9.17) is 16.3 Å². The van der Waals surface area contributed by atoms with E-state index in [0.29, 0.717) is 5.92 Å². The zero-order valence-corrected chi connectivity index (χ0v) is 15.3. The van der Waals surface area contributed by atoms with Crippen molar-refractivity contribution in [2.45, 2.75) is 45.8 Å². The SMILES string of the molecule is CCNC(c1ccc(Cl)s1)C1CCN(C(=O)OC(C)(C)C)C1. The maximum atomic E-state index is 12.2. The summed E-state index contributed by atoms with van der Waals surface area (Å²) in [6.07, 6.45) is 0.765. The molecule has 1 fully saturated rings. The van der Waals surface area contributed by atoms with Crippen LogP contribution in [0.15, 0.2) is 12.1 Å². The van der Waals surface area contributed by atoms with Gasteiger partial charge in [0.15, 0.2) is 0 Å². The molecule has 0 saturated carbocycles. The van der Waals surface area contributed by atoms with E-state index in [1.54, 1.807) is 11.3 Å². The summed E-state index contributed by atoms with van der Waals surface area (Å²) in [4.78, 5) is 15.2. The van der Waals surface area contributed by atoms with Gasteiger partial charge in [-0.15, -0.1) is 11.3 Å². The molecule has 1 aromatic heterocycles. The van der Waals surface area contributed by atoms with E-state index < -0.39 is 5.60 Å². The fourth-order valence-corrected chi connectivity index (χ4v) is 4.00. The second-order valence-corrected chi connectivity index (χ2v) is 8.40. The van der Waals surface area contributed by atoms with Gasteiger partial charge in [0.1, 0.15) is 5.60 Å². The van der Waals surface area contributed by atoms with Gasteiger partial charge in [-0.2, -0.15) is 0 Å². The highest BCUT2D eigenvalue weighted by molar-refractivity contribution is 7.16. The third-order valence-corrected chi connectivity index (χ3v) is 4.99. The van der Waals surface area contributed by atoms with Crippen LogP contribution in [0, 0.1) is 5.92 Å². The van der Waals surface area contributed by atoms with Crippen molar-refractivity contribution in [2.75, 3.05) is 19.6 Å². The molecule has 2 unspecified atom stereocenters. The first-order valence-electron chi connectivity index (χ1n) is 7.76. The molecular formula is C16H25ClN2O2S. The van der Waals surface area contributed by atoms with E-state index in [-0.39, 0.29) is 12.1 Å². The fourth-order valence-electron chi connectivity index (χ4n) is 2.77. The summed E-state index contributed by atoms with van der Waals surface area (Å²) in [6, 6.07) is 4.26. The minimum Gasteiger partial charge on any atom is -0.444 e. The van der Waals surface area contributed by atoms with E-state index in [0.717, 1.165) is 30.4 Å². The maximum Gasteiger partial charge on any atom is 0.410 e. The second-order valence-electron chi connectivity index (χ2n) is 6.65. The van der Waals surface area contributed by atoms with Crippen molar-refractivity contribution in [3.05, 3.63) is 21.3 Å². The molecule has 0 aromatic carbocycles. The largest absolute Gasteiger partial charge is 0.444 e. The molecule has 1 saturated heterocycles. The zero-order valence-electron chi connectivity index (χ0n) is 13.7. The van der Waals surface area contributed by atoms with E-state index in [1.165, 1.54) is 4.88 Å². The number of hydrogen-bond acceptors (Lipinski definition) is 4. The summed E-state index contributed by atoms with van der Waals surface area (Å²) < 4.78 is 6.27. The van der Waals surface area contributed by atoms with Crippen LogP contribution >= 0.6 is 22.9 Å². The first kappa shape index (κ1) is 17.6. The number of carbonyl (C=O) groups excluding carboxylic acids is 1. The van der Waals surface area contributed by atoms with Crippen LogP contribution in [-0.2, 0) is 4.74 Å². The van der Waals surface area contributed by atoms with E-state index in [1.807, 2.05) is 31.7 Å². The van der Waals surface area contributed by atoms with Gasteiger partial charge in [-0.3, -0.25) is 0 Å². The van der Waals surface area contributed by atoms with Crippen molar-refractivity contribution < 1.29 is 9.53 Å². The highest BCUT2D eigenvalue weighted by Gasteiger charge is 2.34. The van der Waals surface area contributed by atoms with Crippen LogP contribution in [0.2, 0.25) is 4.34 Å². The highest BCUT2D eigenvalue weighted by atomic mass is 35.5. The molecule has 2 atom stereocenters.